The van der Waals surface area contributed by atoms with Crippen LogP contribution in [-0.4, -0.2) is 24.6 Å². The van der Waals surface area contributed by atoms with Crippen molar-refractivity contribution in [2.75, 3.05) is 18.6 Å². The van der Waals surface area contributed by atoms with Crippen LogP contribution in [0.3, 0.4) is 0 Å². The molecule has 0 aromatic carbocycles. The van der Waals surface area contributed by atoms with Crippen molar-refractivity contribution in [3.05, 3.63) is 12.2 Å². The molecule has 1 nitrogen and oxygen atoms in total. The minimum atomic E-state index is 0.539. The van der Waals surface area contributed by atoms with Gasteiger partial charge >= 0.3 is 0 Å². The van der Waals surface area contributed by atoms with E-state index in [9.17, 15) is 0 Å². The average Bonchev–Trinajstić information content (AvgIpc) is 2.12. The Morgan fingerprint density at radius 3 is 2.62 bits per heavy atom. The molecule has 0 aromatic heterocycles. The highest BCUT2D eigenvalue weighted by Crippen LogP contribution is 2.12. The van der Waals surface area contributed by atoms with E-state index in [-0.39, 0.29) is 0 Å². The molecular formula is C11H23NS. The quantitative estimate of drug-likeness (QED) is 0.606. The smallest absolute Gasteiger partial charge is 0.0284 e. The first-order chi connectivity index (χ1) is 6.26. The zero-order chi connectivity index (χ0) is 10.1. The molecule has 78 valence electrons. The normalized spacial score (nSPS) is 12.8. The maximum absolute atomic E-state index is 4.14. The topological polar surface area (TPSA) is 12.0 Å². The molecule has 0 radical (unpaired) electrons. The fourth-order valence-corrected chi connectivity index (χ4v) is 1.90. The van der Waals surface area contributed by atoms with E-state index in [2.05, 4.69) is 32.0 Å². The van der Waals surface area contributed by atoms with Crippen molar-refractivity contribution in [1.29, 1.82) is 0 Å². The third kappa shape index (κ3) is 6.17. The van der Waals surface area contributed by atoms with Gasteiger partial charge in [-0.05, 0) is 31.4 Å². The Morgan fingerprint density at radius 2 is 2.15 bits per heavy atom. The molecule has 0 rings (SSSR count). The van der Waals surface area contributed by atoms with Gasteiger partial charge in [-0.3, -0.25) is 0 Å². The first-order valence-corrected chi connectivity index (χ1v) is 6.55. The van der Waals surface area contributed by atoms with Gasteiger partial charge in [0, 0.05) is 6.04 Å². The van der Waals surface area contributed by atoms with Gasteiger partial charge in [-0.15, -0.1) is 0 Å². The van der Waals surface area contributed by atoms with E-state index in [4.69, 9.17) is 0 Å². The predicted octanol–water partition coefficient (Wildman–Crippen LogP) is 3.07. The lowest BCUT2D eigenvalue weighted by molar-refractivity contribution is 0.559. The predicted molar refractivity (Wildman–Crippen MR) is 64.5 cm³/mol. The summed E-state index contributed by atoms with van der Waals surface area (Å²) in [5, 5.41) is 3.49. The van der Waals surface area contributed by atoms with Crippen LogP contribution < -0.4 is 5.32 Å². The molecule has 1 atom stereocenters. The second kappa shape index (κ2) is 8.64. The summed E-state index contributed by atoms with van der Waals surface area (Å²) in [6, 6.07) is 0.539. The second-order valence-corrected chi connectivity index (χ2v) is 4.29. The third-order valence-electron chi connectivity index (χ3n) is 2.13. The van der Waals surface area contributed by atoms with Crippen molar-refractivity contribution in [1.82, 2.24) is 5.32 Å². The van der Waals surface area contributed by atoms with Crippen LogP contribution in [0.2, 0.25) is 0 Å². The Morgan fingerprint density at radius 1 is 1.46 bits per heavy atom. The van der Waals surface area contributed by atoms with E-state index in [1.54, 1.807) is 0 Å². The lowest BCUT2D eigenvalue weighted by Gasteiger charge is -2.19. The maximum Gasteiger partial charge on any atom is 0.0284 e. The van der Waals surface area contributed by atoms with Gasteiger partial charge in [-0.25, -0.2) is 0 Å². The van der Waals surface area contributed by atoms with Crippen molar-refractivity contribution in [3.8, 4) is 0 Å². The lowest BCUT2D eigenvalue weighted by Crippen LogP contribution is -2.31. The Balaban J connectivity index is 3.83. The zero-order valence-electron chi connectivity index (χ0n) is 9.23. The number of thioether (sulfide) groups is 1. The summed E-state index contributed by atoms with van der Waals surface area (Å²) >= 11 is 1.91. The Labute approximate surface area is 87.4 Å². The zero-order valence-corrected chi connectivity index (χ0v) is 10.0. The number of hydrogen-bond acceptors (Lipinski definition) is 2. The molecule has 0 heterocycles. The monoisotopic (exact) mass is 201 g/mol. The van der Waals surface area contributed by atoms with Crippen LogP contribution >= 0.6 is 11.8 Å². The minimum absolute atomic E-state index is 0.539. The summed E-state index contributed by atoms with van der Waals surface area (Å²) in [6.07, 6.45) is 5.74. The number of nitrogens with one attached hydrogen (secondary N) is 1. The Bertz CT molecular complexity index is 134. The molecule has 0 spiro atoms. The molecule has 13 heavy (non-hydrogen) atoms. The molecule has 2 heteroatoms. The third-order valence-corrected chi connectivity index (χ3v) is 2.77. The number of rotatable bonds is 8. The van der Waals surface area contributed by atoms with E-state index in [0.717, 1.165) is 13.0 Å². The largest absolute Gasteiger partial charge is 0.311 e. The molecule has 0 aromatic rings. The first-order valence-electron chi connectivity index (χ1n) is 5.16. The fraction of sp³-hybridized carbons (Fsp3) is 0.818. The van der Waals surface area contributed by atoms with Crippen LogP contribution in [0, 0.1) is 0 Å². The van der Waals surface area contributed by atoms with Gasteiger partial charge in [0.1, 0.15) is 0 Å². The molecule has 0 aliphatic carbocycles. The van der Waals surface area contributed by atoms with E-state index >= 15 is 0 Å². The standard InChI is InChI=1S/C11H23NS/c1-5-7-10(3)11(12-6-2)8-9-13-4/h11-12H,3,5-9H2,1-2,4H3/t11-/m0/s1. The SMILES string of the molecule is C=C(CCC)[C@H](CCSC)NCC. The van der Waals surface area contributed by atoms with Crippen LogP contribution in [0.4, 0.5) is 0 Å². The van der Waals surface area contributed by atoms with Crippen molar-refractivity contribution in [3.63, 3.8) is 0 Å². The van der Waals surface area contributed by atoms with E-state index in [1.807, 2.05) is 11.8 Å². The van der Waals surface area contributed by atoms with Crippen molar-refractivity contribution in [2.45, 2.75) is 39.2 Å². The summed E-state index contributed by atoms with van der Waals surface area (Å²) in [5.41, 5.74) is 1.37. The van der Waals surface area contributed by atoms with Gasteiger partial charge in [0.2, 0.25) is 0 Å². The summed E-state index contributed by atoms with van der Waals surface area (Å²) in [6.45, 7) is 9.56. The summed E-state index contributed by atoms with van der Waals surface area (Å²) in [4.78, 5) is 0. The molecule has 0 amide bonds. The lowest BCUT2D eigenvalue weighted by atomic mass is 10.0. The van der Waals surface area contributed by atoms with Gasteiger partial charge in [-0.2, -0.15) is 11.8 Å². The molecule has 0 aliphatic heterocycles. The van der Waals surface area contributed by atoms with Crippen LogP contribution in [0.1, 0.15) is 33.1 Å². The van der Waals surface area contributed by atoms with E-state index in [0.29, 0.717) is 6.04 Å². The highest BCUT2D eigenvalue weighted by Gasteiger charge is 2.09. The summed E-state index contributed by atoms with van der Waals surface area (Å²) < 4.78 is 0. The average molecular weight is 201 g/mol. The van der Waals surface area contributed by atoms with Gasteiger partial charge in [0.25, 0.3) is 0 Å². The van der Waals surface area contributed by atoms with Crippen LogP contribution in [-0.2, 0) is 0 Å². The summed E-state index contributed by atoms with van der Waals surface area (Å²) in [7, 11) is 0. The van der Waals surface area contributed by atoms with Gasteiger partial charge in [-0.1, -0.05) is 32.4 Å². The maximum atomic E-state index is 4.14. The fourth-order valence-electron chi connectivity index (χ4n) is 1.43. The van der Waals surface area contributed by atoms with Gasteiger partial charge in [0.05, 0.1) is 0 Å². The van der Waals surface area contributed by atoms with Crippen molar-refractivity contribution < 1.29 is 0 Å². The van der Waals surface area contributed by atoms with Crippen molar-refractivity contribution in [2.24, 2.45) is 0 Å². The molecule has 1 N–H and O–H groups in total. The highest BCUT2D eigenvalue weighted by molar-refractivity contribution is 7.98. The Kier molecular flexibility index (Phi) is 8.67. The van der Waals surface area contributed by atoms with Crippen LogP contribution in [0.15, 0.2) is 12.2 Å². The molecule has 0 unspecified atom stereocenters. The van der Waals surface area contributed by atoms with E-state index < -0.39 is 0 Å². The van der Waals surface area contributed by atoms with Crippen LogP contribution in [0.25, 0.3) is 0 Å². The van der Waals surface area contributed by atoms with Crippen LogP contribution in [0.5, 0.6) is 0 Å². The second-order valence-electron chi connectivity index (χ2n) is 3.30. The molecule has 0 saturated heterocycles. The van der Waals surface area contributed by atoms with Gasteiger partial charge in [0.15, 0.2) is 0 Å². The van der Waals surface area contributed by atoms with Crippen molar-refractivity contribution >= 4 is 11.8 Å². The summed E-state index contributed by atoms with van der Waals surface area (Å²) in [5.74, 6) is 1.22. The molecule has 0 aliphatic rings. The number of likely N-dealkylation sites (N-methyl/N-ethyl adjacent to an activating group) is 1. The minimum Gasteiger partial charge on any atom is -0.311 e. The highest BCUT2D eigenvalue weighted by atomic mass is 32.2. The first kappa shape index (κ1) is 13.1. The molecule has 0 bridgehead atoms. The molecule has 0 saturated carbocycles. The molecule has 0 fully saturated rings. The van der Waals surface area contributed by atoms with E-state index in [1.165, 1.54) is 24.2 Å². The number of hydrogen-bond donors (Lipinski definition) is 1. The Hall–Kier alpha value is 0.0500. The van der Waals surface area contributed by atoms with Gasteiger partial charge < -0.3 is 5.32 Å². The molecular weight excluding hydrogens is 178 g/mol.